The van der Waals surface area contributed by atoms with E-state index in [1.54, 1.807) is 170 Å². The van der Waals surface area contributed by atoms with Crippen LogP contribution >= 0.6 is 0 Å². The van der Waals surface area contributed by atoms with Gasteiger partial charge in [0.1, 0.15) is 0 Å². The summed E-state index contributed by atoms with van der Waals surface area (Å²) >= 11 is 0. The summed E-state index contributed by atoms with van der Waals surface area (Å²) in [5.41, 5.74) is 13.8. The minimum atomic E-state index is -0.719. The fourth-order valence-corrected chi connectivity index (χ4v) is 9.86. The molecule has 0 heterocycles. The van der Waals surface area contributed by atoms with Crippen LogP contribution in [0, 0.1) is 0 Å². The van der Waals surface area contributed by atoms with Crippen LogP contribution in [0.1, 0.15) is 55.6 Å². The summed E-state index contributed by atoms with van der Waals surface area (Å²) < 4.78 is 0. The van der Waals surface area contributed by atoms with Crippen LogP contribution in [0.5, 0.6) is 0 Å². The third kappa shape index (κ3) is 17.2. The molecule has 0 aliphatic rings. The summed E-state index contributed by atoms with van der Waals surface area (Å²) in [6, 6.07) is 68.8. The highest BCUT2D eigenvalue weighted by molar-refractivity contribution is 6.22. The number of amides is 8. The van der Waals surface area contributed by atoms with E-state index in [0.717, 1.165) is 65.4 Å². The van der Waals surface area contributed by atoms with Crippen molar-refractivity contribution in [3.05, 3.63) is 298 Å². The fraction of sp³-hybridized carbons (Fsp3) is 0.0685. The first-order valence-corrected chi connectivity index (χ1v) is 28.5. The molecule has 10 aromatic rings. The zero-order valence-electron chi connectivity index (χ0n) is 48.6. The van der Waals surface area contributed by atoms with Crippen LogP contribution in [0.4, 0.5) is 76.1 Å². The first-order valence-electron chi connectivity index (χ1n) is 28.5. The van der Waals surface area contributed by atoms with Crippen LogP contribution in [-0.2, 0) is 51.3 Å². The van der Waals surface area contributed by atoms with Crippen molar-refractivity contribution in [2.45, 2.75) is 32.1 Å². The van der Waals surface area contributed by atoms with Crippen molar-refractivity contribution in [2.75, 3.05) is 31.1 Å². The minimum absolute atomic E-state index is 0.277. The number of aliphatic imine (C=N–C) groups is 4. The number of carbonyl (C=O) groups is 4. The number of carbonyl (C=O) groups excluding carboxylic acids is 8. The van der Waals surface area contributed by atoms with E-state index in [2.05, 4.69) is 41.2 Å². The maximum Gasteiger partial charge on any atom is 0.334 e. The Bertz CT molecular complexity index is 3880. The third-order valence-electron chi connectivity index (χ3n) is 14.5. The summed E-state index contributed by atoms with van der Waals surface area (Å²) in [5, 5.41) is 11.5. The number of rotatable bonds is 20. The van der Waals surface area contributed by atoms with Gasteiger partial charge in [0.2, 0.25) is 24.3 Å². The Balaban J connectivity index is 0.847. The van der Waals surface area contributed by atoms with E-state index < -0.39 is 24.1 Å². The minimum Gasteiger partial charge on any atom is -0.307 e. The molecule has 10 rings (SSSR count). The average Bonchev–Trinajstić information content (AvgIpc) is 1.52. The quantitative estimate of drug-likeness (QED) is 0.0421. The molecule has 444 valence electrons. The van der Waals surface area contributed by atoms with Gasteiger partial charge in [-0.2, -0.15) is 20.0 Å². The average molecular weight is 1200 g/mol. The van der Waals surface area contributed by atoms with Gasteiger partial charge in [-0.1, -0.05) is 121 Å². The number of imide groups is 2. The maximum atomic E-state index is 14.3. The molecule has 0 spiro atoms. The van der Waals surface area contributed by atoms with E-state index in [1.807, 2.05) is 97.1 Å². The lowest BCUT2D eigenvalue weighted by atomic mass is 10.0. The molecule has 91 heavy (non-hydrogen) atoms. The largest absolute Gasteiger partial charge is 0.334 e. The molecule has 0 fully saturated rings. The van der Waals surface area contributed by atoms with Gasteiger partial charge in [-0.05, 0) is 209 Å². The van der Waals surface area contributed by atoms with E-state index >= 15 is 0 Å². The van der Waals surface area contributed by atoms with Gasteiger partial charge in [0, 0.05) is 22.7 Å². The lowest BCUT2D eigenvalue weighted by Gasteiger charge is -2.23. The number of nitrogens with zero attached hydrogens (tertiary/aromatic N) is 6. The lowest BCUT2D eigenvalue weighted by Crippen LogP contribution is -2.42. The molecular weight excluding hydrogens is 1140 g/mol. The van der Waals surface area contributed by atoms with Crippen LogP contribution in [0.2, 0.25) is 0 Å². The molecule has 10 aromatic carbocycles. The van der Waals surface area contributed by atoms with Gasteiger partial charge in [-0.25, -0.2) is 48.2 Å². The molecule has 0 radical (unpaired) electrons. The van der Waals surface area contributed by atoms with Gasteiger partial charge in [-0.15, -0.1) is 0 Å². The van der Waals surface area contributed by atoms with Gasteiger partial charge >= 0.3 is 24.1 Å². The van der Waals surface area contributed by atoms with Crippen molar-refractivity contribution in [3.63, 3.8) is 0 Å². The van der Waals surface area contributed by atoms with Crippen molar-refractivity contribution in [3.8, 4) is 0 Å². The van der Waals surface area contributed by atoms with Crippen molar-refractivity contribution in [1.82, 2.24) is 0 Å². The monoisotopic (exact) mass is 1200 g/mol. The number of hydrogen-bond donors (Lipinski definition) is 4. The summed E-state index contributed by atoms with van der Waals surface area (Å²) in [5.74, 6) is 0. The number of anilines is 6. The topological polar surface area (TPSA) is 241 Å². The fourth-order valence-electron chi connectivity index (χ4n) is 9.86. The number of hydrogen-bond acceptors (Lipinski definition) is 12. The van der Waals surface area contributed by atoms with Crippen molar-refractivity contribution >= 4 is 105 Å². The summed E-state index contributed by atoms with van der Waals surface area (Å²) in [6.07, 6.45) is 8.87. The molecule has 0 aromatic heterocycles. The molecule has 0 aliphatic carbocycles. The lowest BCUT2D eigenvalue weighted by molar-refractivity contribution is 0.245. The molecule has 0 saturated carbocycles. The second-order valence-corrected chi connectivity index (χ2v) is 20.9. The zero-order valence-corrected chi connectivity index (χ0v) is 48.6. The third-order valence-corrected chi connectivity index (χ3v) is 14.5. The van der Waals surface area contributed by atoms with E-state index in [4.69, 9.17) is 0 Å². The molecule has 18 heteroatoms. The Morgan fingerprint density at radius 1 is 0.242 bits per heavy atom. The van der Waals surface area contributed by atoms with Crippen LogP contribution in [0.3, 0.4) is 0 Å². The molecular formula is C73H54N10O8. The molecule has 0 unspecified atom stereocenters. The van der Waals surface area contributed by atoms with Crippen molar-refractivity contribution < 1.29 is 38.4 Å². The maximum absolute atomic E-state index is 14.3. The Labute approximate surface area is 522 Å². The Morgan fingerprint density at radius 2 is 0.396 bits per heavy atom. The first-order chi connectivity index (χ1) is 44.4. The number of nitrogens with one attached hydrogen (secondary N) is 4. The smallest absolute Gasteiger partial charge is 0.307 e. The molecule has 0 bridgehead atoms. The molecule has 0 aliphatic heterocycles. The van der Waals surface area contributed by atoms with E-state index in [0.29, 0.717) is 77.6 Å². The highest BCUT2D eigenvalue weighted by atomic mass is 16.2. The first kappa shape index (κ1) is 61.3. The van der Waals surface area contributed by atoms with E-state index in [9.17, 15) is 38.4 Å². The van der Waals surface area contributed by atoms with Gasteiger partial charge in [0.05, 0.1) is 34.1 Å². The second kappa shape index (κ2) is 30.0. The Morgan fingerprint density at radius 3 is 0.560 bits per heavy atom. The normalized spacial score (nSPS) is 10.4. The Hall–Kier alpha value is -12.8. The summed E-state index contributed by atoms with van der Waals surface area (Å²) in [7, 11) is 0. The number of benzene rings is 10. The van der Waals surface area contributed by atoms with Gasteiger partial charge in [0.15, 0.2) is 0 Å². The van der Waals surface area contributed by atoms with Crippen molar-refractivity contribution in [1.29, 1.82) is 0 Å². The zero-order chi connectivity index (χ0) is 63.3. The SMILES string of the molecule is O=C=Nc1ccc(Cc2ccc(NC(=O)N(C(=O)Nc3ccc(Cc4ccc(N=C=O)cc4)cc3)c3ccc(Cc4ccc(N(C(=O)Nc5ccc(Cc6ccc(N=C=O)cc6)cc5)C(=O)Nc5ccc(Cc6ccc(N=C=O)cc6)cc5)cc4)cc3)cc2)cc1. The number of isocyanates is 4. The standard InChI is InChI=1S/C73H54N10O8/c84-46-74-60-21-1-50(2-22-60)41-54-9-29-64(30-10-54)78-70(88)82(71(89)79-65-31-11-55(12-32-65)42-51-3-23-61(24-4-51)75-47-85)68-37-17-58(18-38-68)45-59-19-39-69(40-20-59)83(72(90)80-66-33-13-56(14-34-66)43-52-5-25-62(26-6-52)76-48-86)73(91)81-67-35-15-57(16-36-67)44-53-7-27-63(28-8-53)77-49-87/h1-40H,41-45H2,(H,78,88)(H,79,89)(H,80,90)(H,81,91). The van der Waals surface area contributed by atoms with Crippen LogP contribution in [0.25, 0.3) is 0 Å². The van der Waals surface area contributed by atoms with E-state index in [-0.39, 0.29) is 11.4 Å². The highest BCUT2D eigenvalue weighted by Gasteiger charge is 2.26. The molecule has 8 amide bonds. The second-order valence-electron chi connectivity index (χ2n) is 20.9. The van der Waals surface area contributed by atoms with Gasteiger partial charge in [-0.3, -0.25) is 0 Å². The molecule has 18 nitrogen and oxygen atoms in total. The summed E-state index contributed by atoms with van der Waals surface area (Å²) in [6.45, 7) is 0. The van der Waals surface area contributed by atoms with Crippen LogP contribution in [0.15, 0.2) is 263 Å². The highest BCUT2D eigenvalue weighted by Crippen LogP contribution is 2.27. The van der Waals surface area contributed by atoms with Crippen LogP contribution in [-0.4, -0.2) is 48.4 Å². The number of urea groups is 4. The van der Waals surface area contributed by atoms with Crippen molar-refractivity contribution in [2.24, 2.45) is 20.0 Å². The van der Waals surface area contributed by atoms with Crippen LogP contribution < -0.4 is 31.1 Å². The molecule has 0 atom stereocenters. The van der Waals surface area contributed by atoms with E-state index in [1.165, 1.54) is 0 Å². The molecule has 0 saturated heterocycles. The molecule has 4 N–H and O–H groups in total. The van der Waals surface area contributed by atoms with Gasteiger partial charge in [0.25, 0.3) is 0 Å². The predicted molar refractivity (Wildman–Crippen MR) is 351 cm³/mol. The van der Waals surface area contributed by atoms with Gasteiger partial charge < -0.3 is 21.3 Å². The predicted octanol–water partition coefficient (Wildman–Crippen LogP) is 16.1. The Kier molecular flexibility index (Phi) is 20.2. The summed E-state index contributed by atoms with van der Waals surface area (Å²) in [4.78, 5) is 117.